The smallest absolute Gasteiger partial charge is 0.273 e. The lowest BCUT2D eigenvalue weighted by molar-refractivity contribution is -0.135. The number of hydrogen-bond donors (Lipinski definition) is 2. The summed E-state index contributed by atoms with van der Waals surface area (Å²) in [5, 5.41) is 7.03. The molecule has 1 aromatic heterocycles. The normalized spacial score (nSPS) is 24.2. The highest BCUT2D eigenvalue weighted by atomic mass is 16.2. The molecule has 2 fully saturated rings. The Labute approximate surface area is 194 Å². The van der Waals surface area contributed by atoms with Gasteiger partial charge in [-0.2, -0.15) is 0 Å². The van der Waals surface area contributed by atoms with E-state index < -0.39 is 5.54 Å². The number of hydrogen-bond acceptors (Lipinski definition) is 3. The van der Waals surface area contributed by atoms with Crippen molar-refractivity contribution in [1.82, 2.24) is 14.8 Å². The first kappa shape index (κ1) is 22.0. The number of nitrogens with one attached hydrogen (secondary N) is 2. The Morgan fingerprint density at radius 1 is 1.00 bits per heavy atom. The van der Waals surface area contributed by atoms with Crippen molar-refractivity contribution in [3.63, 3.8) is 0 Å². The predicted octanol–water partition coefficient (Wildman–Crippen LogP) is 4.21. The molecule has 0 radical (unpaired) electrons. The molecular formula is C26H34N4O3. The van der Waals surface area contributed by atoms with Crippen LogP contribution in [-0.4, -0.2) is 44.8 Å². The van der Waals surface area contributed by atoms with Crippen LogP contribution in [0.4, 0.5) is 5.69 Å². The molecule has 7 nitrogen and oxygen atoms in total. The van der Waals surface area contributed by atoms with Gasteiger partial charge in [-0.05, 0) is 38.7 Å². The third-order valence-electron chi connectivity index (χ3n) is 7.81. The third kappa shape index (κ3) is 3.71. The van der Waals surface area contributed by atoms with Crippen LogP contribution in [0.1, 0.15) is 82.1 Å². The van der Waals surface area contributed by atoms with Crippen LogP contribution in [0.5, 0.6) is 0 Å². The minimum atomic E-state index is -0.982. The van der Waals surface area contributed by atoms with Gasteiger partial charge in [0, 0.05) is 24.4 Å². The zero-order chi connectivity index (χ0) is 23.2. The minimum Gasteiger partial charge on any atom is -0.351 e. The van der Waals surface area contributed by atoms with Gasteiger partial charge in [-0.15, -0.1) is 0 Å². The monoisotopic (exact) mass is 450 g/mol. The van der Waals surface area contributed by atoms with Crippen molar-refractivity contribution in [3.05, 3.63) is 30.0 Å². The van der Waals surface area contributed by atoms with Crippen LogP contribution >= 0.6 is 0 Å². The summed E-state index contributed by atoms with van der Waals surface area (Å²) >= 11 is 0. The molecule has 2 N–H and O–H groups in total. The number of para-hydroxylation sites is 1. The molecule has 2 saturated carbocycles. The highest BCUT2D eigenvalue weighted by Gasteiger charge is 2.51. The molecule has 2 heterocycles. The summed E-state index contributed by atoms with van der Waals surface area (Å²) in [6.07, 6.45) is 9.40. The lowest BCUT2D eigenvalue weighted by atomic mass is 9.86. The summed E-state index contributed by atoms with van der Waals surface area (Å²) in [7, 11) is 0. The third-order valence-corrected chi connectivity index (χ3v) is 7.81. The molecule has 0 spiro atoms. The molecule has 5 rings (SSSR count). The molecule has 3 aliphatic rings. The number of aromatic nitrogens is 1. The van der Waals surface area contributed by atoms with Gasteiger partial charge in [-0.1, -0.05) is 50.3 Å². The molecular weight excluding hydrogens is 416 g/mol. The van der Waals surface area contributed by atoms with E-state index in [9.17, 15) is 14.4 Å². The van der Waals surface area contributed by atoms with E-state index in [0.29, 0.717) is 17.9 Å². The van der Waals surface area contributed by atoms with E-state index in [-0.39, 0.29) is 29.8 Å². The summed E-state index contributed by atoms with van der Waals surface area (Å²) in [5.74, 6) is -0.423. The standard InChI is InChI=1S/C26H34N4O3/c1-17(31)27-22-20-14-8-9-15-21(20)29-16-26(2,25(33)28-18-10-6-7-11-18)30(24(32)23(22)29)19-12-4-3-5-13-19/h8-9,14-15,18-19H,3-7,10-13,16H2,1-2H3,(H,27,31)(H,28,33)/t26-/m1/s1. The Morgan fingerprint density at radius 2 is 1.67 bits per heavy atom. The van der Waals surface area contributed by atoms with Crippen molar-refractivity contribution in [3.8, 4) is 0 Å². The van der Waals surface area contributed by atoms with Crippen LogP contribution in [0.3, 0.4) is 0 Å². The maximum atomic E-state index is 14.2. The molecule has 1 atom stereocenters. The lowest BCUT2D eigenvalue weighted by Gasteiger charge is -2.49. The van der Waals surface area contributed by atoms with E-state index in [4.69, 9.17) is 0 Å². The Balaban J connectivity index is 1.64. The Morgan fingerprint density at radius 3 is 2.36 bits per heavy atom. The molecule has 176 valence electrons. The highest BCUT2D eigenvalue weighted by Crippen LogP contribution is 2.41. The lowest BCUT2D eigenvalue weighted by Crippen LogP contribution is -2.67. The summed E-state index contributed by atoms with van der Waals surface area (Å²) in [4.78, 5) is 42.0. The Kier molecular flexibility index (Phi) is 5.67. The van der Waals surface area contributed by atoms with Crippen molar-refractivity contribution >= 4 is 34.3 Å². The first-order valence-electron chi connectivity index (χ1n) is 12.4. The first-order chi connectivity index (χ1) is 15.9. The minimum absolute atomic E-state index is 0.0301. The summed E-state index contributed by atoms with van der Waals surface area (Å²) in [6, 6.07) is 7.96. The van der Waals surface area contributed by atoms with Crippen molar-refractivity contribution in [2.45, 2.75) is 95.8 Å². The number of carbonyl (C=O) groups excluding carboxylic acids is 3. The highest BCUT2D eigenvalue weighted by molar-refractivity contribution is 6.14. The van der Waals surface area contributed by atoms with E-state index in [0.717, 1.165) is 62.3 Å². The molecule has 0 bridgehead atoms. The summed E-state index contributed by atoms with van der Waals surface area (Å²) in [6.45, 7) is 3.77. The van der Waals surface area contributed by atoms with Crippen molar-refractivity contribution in [2.75, 3.05) is 5.32 Å². The average Bonchev–Trinajstić information content (AvgIpc) is 3.41. The summed E-state index contributed by atoms with van der Waals surface area (Å²) in [5.41, 5.74) is 0.933. The molecule has 0 saturated heterocycles. The zero-order valence-corrected chi connectivity index (χ0v) is 19.7. The fourth-order valence-corrected chi connectivity index (χ4v) is 6.22. The van der Waals surface area contributed by atoms with Gasteiger partial charge in [0.25, 0.3) is 5.91 Å². The van der Waals surface area contributed by atoms with E-state index in [2.05, 4.69) is 10.6 Å². The first-order valence-corrected chi connectivity index (χ1v) is 12.4. The van der Waals surface area contributed by atoms with E-state index in [1.54, 1.807) is 0 Å². The predicted molar refractivity (Wildman–Crippen MR) is 128 cm³/mol. The van der Waals surface area contributed by atoms with Crippen molar-refractivity contribution in [1.29, 1.82) is 0 Å². The summed E-state index contributed by atoms with van der Waals surface area (Å²) < 4.78 is 1.95. The van der Waals surface area contributed by atoms with Gasteiger partial charge < -0.3 is 20.1 Å². The number of amides is 3. The largest absolute Gasteiger partial charge is 0.351 e. The molecule has 1 aromatic carbocycles. The van der Waals surface area contributed by atoms with Crippen molar-refractivity contribution < 1.29 is 14.4 Å². The molecule has 1 aliphatic heterocycles. The van der Waals surface area contributed by atoms with Gasteiger partial charge in [-0.25, -0.2) is 0 Å². The number of fused-ring (bicyclic) bond motifs is 3. The number of nitrogens with zero attached hydrogens (tertiary/aromatic N) is 2. The van der Waals surface area contributed by atoms with Gasteiger partial charge in [0.2, 0.25) is 11.8 Å². The topological polar surface area (TPSA) is 83.4 Å². The van der Waals surface area contributed by atoms with E-state index in [1.807, 2.05) is 40.7 Å². The second-order valence-electron chi connectivity index (χ2n) is 10.2. The number of rotatable bonds is 4. The maximum Gasteiger partial charge on any atom is 0.273 e. The van der Waals surface area contributed by atoms with Crippen LogP contribution < -0.4 is 10.6 Å². The van der Waals surface area contributed by atoms with Gasteiger partial charge in [0.1, 0.15) is 11.2 Å². The van der Waals surface area contributed by atoms with Crippen molar-refractivity contribution in [2.24, 2.45) is 0 Å². The SMILES string of the molecule is CC(=O)Nc1c2n(c3ccccc13)C[C@](C)(C(=O)NC1CCCC1)N(C1CCCCC1)C2=O. The quantitative estimate of drug-likeness (QED) is 0.732. The Hall–Kier alpha value is -2.83. The van der Waals surface area contributed by atoms with Gasteiger partial charge in [-0.3, -0.25) is 14.4 Å². The molecule has 2 aromatic rings. The van der Waals surface area contributed by atoms with Gasteiger partial charge in [0.05, 0.1) is 17.7 Å². The zero-order valence-electron chi connectivity index (χ0n) is 19.7. The number of benzene rings is 1. The van der Waals surface area contributed by atoms with Gasteiger partial charge >= 0.3 is 0 Å². The number of anilines is 1. The number of carbonyl (C=O) groups is 3. The fourth-order valence-electron chi connectivity index (χ4n) is 6.22. The second-order valence-corrected chi connectivity index (χ2v) is 10.2. The van der Waals surface area contributed by atoms with Crippen LogP contribution in [0.15, 0.2) is 24.3 Å². The van der Waals surface area contributed by atoms with Crippen LogP contribution in [0.2, 0.25) is 0 Å². The van der Waals surface area contributed by atoms with E-state index >= 15 is 0 Å². The van der Waals surface area contributed by atoms with Crippen LogP contribution in [-0.2, 0) is 16.1 Å². The van der Waals surface area contributed by atoms with E-state index in [1.165, 1.54) is 13.3 Å². The van der Waals surface area contributed by atoms with Crippen LogP contribution in [0.25, 0.3) is 10.9 Å². The average molecular weight is 451 g/mol. The molecule has 7 heteroatoms. The molecule has 0 unspecified atom stereocenters. The molecule has 2 aliphatic carbocycles. The Bertz CT molecular complexity index is 1090. The molecule has 3 amide bonds. The fraction of sp³-hybridized carbons (Fsp3) is 0.577. The maximum absolute atomic E-state index is 14.2. The molecule has 33 heavy (non-hydrogen) atoms. The van der Waals surface area contributed by atoms with Gasteiger partial charge in [0.15, 0.2) is 0 Å². The second kappa shape index (κ2) is 8.50. The van der Waals surface area contributed by atoms with Crippen LogP contribution in [0, 0.1) is 0 Å².